The molecule has 1 nitrogen and oxygen atoms in total. The topological polar surface area (TPSA) is 12.0 Å². The van der Waals surface area contributed by atoms with Crippen LogP contribution in [0.2, 0.25) is 0 Å². The Labute approximate surface area is 120 Å². The Morgan fingerprint density at radius 3 is 2.43 bits per heavy atom. The SMILES string of the molecule is C[C@@H](NCc1ccccc1C(F)(F)F)c1cccc(F)c1. The van der Waals surface area contributed by atoms with Crippen LogP contribution in [-0.2, 0) is 12.7 Å². The monoisotopic (exact) mass is 297 g/mol. The lowest BCUT2D eigenvalue weighted by atomic mass is 10.1. The molecule has 1 N–H and O–H groups in total. The predicted molar refractivity (Wildman–Crippen MR) is 73.1 cm³/mol. The summed E-state index contributed by atoms with van der Waals surface area (Å²) < 4.78 is 51.7. The maximum absolute atomic E-state index is 13.1. The molecule has 0 fully saturated rings. The Morgan fingerprint density at radius 2 is 1.76 bits per heavy atom. The van der Waals surface area contributed by atoms with Crippen molar-refractivity contribution in [2.24, 2.45) is 0 Å². The second-order valence-electron chi connectivity index (χ2n) is 4.81. The molecule has 0 aliphatic heterocycles. The van der Waals surface area contributed by atoms with E-state index < -0.39 is 11.7 Å². The quantitative estimate of drug-likeness (QED) is 0.807. The van der Waals surface area contributed by atoms with Gasteiger partial charge in [-0.3, -0.25) is 0 Å². The number of rotatable bonds is 4. The summed E-state index contributed by atoms with van der Waals surface area (Å²) in [4.78, 5) is 0. The molecule has 2 aromatic carbocycles. The van der Waals surface area contributed by atoms with Gasteiger partial charge in [0.15, 0.2) is 0 Å². The predicted octanol–water partition coefficient (Wildman–Crippen LogP) is 4.70. The summed E-state index contributed by atoms with van der Waals surface area (Å²) >= 11 is 0. The summed E-state index contributed by atoms with van der Waals surface area (Å²) in [5.74, 6) is -0.364. The van der Waals surface area contributed by atoms with Gasteiger partial charge in [-0.2, -0.15) is 13.2 Å². The van der Waals surface area contributed by atoms with E-state index in [4.69, 9.17) is 0 Å². The van der Waals surface area contributed by atoms with E-state index in [1.54, 1.807) is 25.1 Å². The van der Waals surface area contributed by atoms with Crippen molar-refractivity contribution in [3.8, 4) is 0 Å². The lowest BCUT2D eigenvalue weighted by Gasteiger charge is -2.17. The van der Waals surface area contributed by atoms with E-state index in [0.29, 0.717) is 5.56 Å². The van der Waals surface area contributed by atoms with Crippen molar-refractivity contribution in [3.05, 3.63) is 71.0 Å². The molecule has 0 spiro atoms. The number of nitrogens with one attached hydrogen (secondary N) is 1. The molecule has 0 amide bonds. The molecule has 2 aromatic rings. The lowest BCUT2D eigenvalue weighted by Crippen LogP contribution is -2.20. The highest BCUT2D eigenvalue weighted by atomic mass is 19.4. The van der Waals surface area contributed by atoms with Crippen molar-refractivity contribution in [3.63, 3.8) is 0 Å². The van der Waals surface area contributed by atoms with Crippen LogP contribution in [0.15, 0.2) is 48.5 Å². The smallest absolute Gasteiger partial charge is 0.306 e. The van der Waals surface area contributed by atoms with Gasteiger partial charge in [0.2, 0.25) is 0 Å². The first-order valence-corrected chi connectivity index (χ1v) is 6.52. The zero-order valence-corrected chi connectivity index (χ0v) is 11.4. The van der Waals surface area contributed by atoms with Crippen LogP contribution in [0.5, 0.6) is 0 Å². The molecule has 1 atom stereocenters. The molecule has 112 valence electrons. The van der Waals surface area contributed by atoms with Gasteiger partial charge < -0.3 is 5.32 Å². The minimum atomic E-state index is -4.37. The Balaban J connectivity index is 2.10. The molecule has 0 aliphatic rings. The van der Waals surface area contributed by atoms with Crippen LogP contribution in [0.3, 0.4) is 0 Å². The third-order valence-corrected chi connectivity index (χ3v) is 3.27. The Kier molecular flexibility index (Phi) is 4.63. The van der Waals surface area contributed by atoms with Crippen molar-refractivity contribution < 1.29 is 17.6 Å². The molecule has 5 heteroatoms. The molecule has 21 heavy (non-hydrogen) atoms. The van der Waals surface area contributed by atoms with Gasteiger partial charge >= 0.3 is 6.18 Å². The summed E-state index contributed by atoms with van der Waals surface area (Å²) in [5.41, 5.74) is 0.219. The minimum Gasteiger partial charge on any atom is -0.306 e. The molecule has 0 bridgehead atoms. The van der Waals surface area contributed by atoms with Crippen LogP contribution in [0, 0.1) is 5.82 Å². The van der Waals surface area contributed by atoms with Crippen LogP contribution < -0.4 is 5.32 Å². The average Bonchev–Trinajstić information content (AvgIpc) is 2.44. The molecule has 0 saturated heterocycles. The summed E-state index contributed by atoms with van der Waals surface area (Å²) in [6.07, 6.45) is -4.37. The summed E-state index contributed by atoms with van der Waals surface area (Å²) in [7, 11) is 0. The number of halogens is 4. The molecule has 0 unspecified atom stereocenters. The molecule has 0 heterocycles. The Bertz CT molecular complexity index is 607. The number of hydrogen-bond acceptors (Lipinski definition) is 1. The first kappa shape index (κ1) is 15.5. The number of hydrogen-bond donors (Lipinski definition) is 1. The van der Waals surface area contributed by atoms with E-state index in [1.165, 1.54) is 24.3 Å². The molecule has 0 aliphatic carbocycles. The van der Waals surface area contributed by atoms with Gasteiger partial charge in [-0.1, -0.05) is 30.3 Å². The van der Waals surface area contributed by atoms with Crippen LogP contribution in [-0.4, -0.2) is 0 Å². The van der Waals surface area contributed by atoms with Crippen LogP contribution in [0.1, 0.15) is 29.7 Å². The van der Waals surface area contributed by atoms with Gasteiger partial charge in [-0.05, 0) is 36.2 Å². The van der Waals surface area contributed by atoms with E-state index >= 15 is 0 Å². The Hall–Kier alpha value is -1.88. The van der Waals surface area contributed by atoms with Gasteiger partial charge in [-0.25, -0.2) is 4.39 Å². The Morgan fingerprint density at radius 1 is 1.05 bits per heavy atom. The lowest BCUT2D eigenvalue weighted by molar-refractivity contribution is -0.138. The van der Waals surface area contributed by atoms with E-state index in [1.807, 2.05) is 0 Å². The van der Waals surface area contributed by atoms with E-state index in [0.717, 1.165) is 6.07 Å². The standard InChI is InChI=1S/C16H15F4N/c1-11(12-6-4-7-14(17)9-12)21-10-13-5-2-3-8-15(13)16(18,19)20/h2-9,11,21H,10H2,1H3/t11-/m1/s1. The van der Waals surface area contributed by atoms with Crippen molar-refractivity contribution in [2.45, 2.75) is 25.7 Å². The molecule has 0 radical (unpaired) electrons. The summed E-state index contributed by atoms with van der Waals surface area (Å²) in [6.45, 7) is 1.85. The highest BCUT2D eigenvalue weighted by Gasteiger charge is 2.32. The van der Waals surface area contributed by atoms with Crippen LogP contribution in [0.4, 0.5) is 17.6 Å². The molecule has 0 saturated carbocycles. The van der Waals surface area contributed by atoms with Gasteiger partial charge in [0.25, 0.3) is 0 Å². The molecule has 2 rings (SSSR count). The zero-order valence-electron chi connectivity index (χ0n) is 11.4. The van der Waals surface area contributed by atoms with Crippen LogP contribution >= 0.6 is 0 Å². The van der Waals surface area contributed by atoms with Gasteiger partial charge in [-0.15, -0.1) is 0 Å². The van der Waals surface area contributed by atoms with Gasteiger partial charge in [0.1, 0.15) is 5.82 Å². The third-order valence-electron chi connectivity index (χ3n) is 3.27. The van der Waals surface area contributed by atoms with E-state index in [9.17, 15) is 17.6 Å². The van der Waals surface area contributed by atoms with Crippen molar-refractivity contribution >= 4 is 0 Å². The van der Waals surface area contributed by atoms with Crippen molar-refractivity contribution in [1.82, 2.24) is 5.32 Å². The molecule has 0 aromatic heterocycles. The van der Waals surface area contributed by atoms with E-state index in [2.05, 4.69) is 5.32 Å². The normalized spacial score (nSPS) is 13.2. The maximum Gasteiger partial charge on any atom is 0.416 e. The molecular weight excluding hydrogens is 282 g/mol. The largest absolute Gasteiger partial charge is 0.416 e. The summed E-state index contributed by atoms with van der Waals surface area (Å²) in [6, 6.07) is 11.2. The number of alkyl halides is 3. The van der Waals surface area contributed by atoms with Crippen LogP contribution in [0.25, 0.3) is 0 Å². The van der Waals surface area contributed by atoms with Crippen molar-refractivity contribution in [2.75, 3.05) is 0 Å². The molecular formula is C16H15F4N. The zero-order chi connectivity index (χ0) is 15.5. The first-order chi connectivity index (χ1) is 9.88. The summed E-state index contributed by atoms with van der Waals surface area (Å²) in [5, 5.41) is 2.99. The number of benzene rings is 2. The van der Waals surface area contributed by atoms with Gasteiger partial charge in [0.05, 0.1) is 5.56 Å². The van der Waals surface area contributed by atoms with E-state index in [-0.39, 0.29) is 24.0 Å². The fraction of sp³-hybridized carbons (Fsp3) is 0.250. The highest BCUT2D eigenvalue weighted by molar-refractivity contribution is 5.30. The first-order valence-electron chi connectivity index (χ1n) is 6.52. The van der Waals surface area contributed by atoms with Gasteiger partial charge in [0, 0.05) is 12.6 Å². The third kappa shape index (κ3) is 4.04. The second-order valence-corrected chi connectivity index (χ2v) is 4.81. The second kappa shape index (κ2) is 6.26. The fourth-order valence-electron chi connectivity index (χ4n) is 2.11. The highest BCUT2D eigenvalue weighted by Crippen LogP contribution is 2.32. The maximum atomic E-state index is 13.1. The minimum absolute atomic E-state index is 0.0629. The fourth-order valence-corrected chi connectivity index (χ4v) is 2.11. The average molecular weight is 297 g/mol. The van der Waals surface area contributed by atoms with Crippen molar-refractivity contribution in [1.29, 1.82) is 0 Å².